The minimum Gasteiger partial charge on any atom is -0.383 e. The summed E-state index contributed by atoms with van der Waals surface area (Å²) in [7, 11) is 0. The summed E-state index contributed by atoms with van der Waals surface area (Å²) in [5.74, 6) is 2.17. The first-order chi connectivity index (χ1) is 9.82. The summed E-state index contributed by atoms with van der Waals surface area (Å²) < 4.78 is 0. The van der Waals surface area contributed by atoms with Crippen molar-refractivity contribution in [2.24, 2.45) is 0 Å². The molecule has 114 valence electrons. The second-order valence-corrected chi connectivity index (χ2v) is 7.26. The average Bonchev–Trinajstić information content (AvgIpc) is 2.93. The van der Waals surface area contributed by atoms with Crippen molar-refractivity contribution in [1.82, 2.24) is 9.97 Å². The average molecular weight is 304 g/mol. The molecule has 4 nitrogen and oxygen atoms in total. The zero-order valence-electron chi connectivity index (χ0n) is 13.4. The maximum atomic E-state index is 6.07. The van der Waals surface area contributed by atoms with E-state index in [1.807, 2.05) is 6.92 Å². The molecule has 5 heteroatoms. The number of aromatic nitrogens is 2. The van der Waals surface area contributed by atoms with Crippen LogP contribution in [0.15, 0.2) is 17.5 Å². The Morgan fingerprint density at radius 2 is 2.05 bits per heavy atom. The molecule has 0 saturated heterocycles. The number of nitrogens with two attached hydrogens (primary N) is 1. The van der Waals surface area contributed by atoms with Gasteiger partial charge >= 0.3 is 0 Å². The molecule has 0 radical (unpaired) electrons. The van der Waals surface area contributed by atoms with Crippen LogP contribution in [0.3, 0.4) is 0 Å². The van der Waals surface area contributed by atoms with Crippen LogP contribution in [0, 0.1) is 6.92 Å². The maximum Gasteiger partial charge on any atom is 0.138 e. The number of nitrogens with one attached hydrogen (secondary N) is 1. The molecule has 0 aliphatic rings. The predicted molar refractivity (Wildman–Crippen MR) is 90.9 cm³/mol. The van der Waals surface area contributed by atoms with Gasteiger partial charge in [-0.25, -0.2) is 9.97 Å². The molecular formula is C16H24N4S. The number of nitrogen functional groups attached to an aromatic ring is 1. The molecule has 0 aromatic carbocycles. The molecule has 1 unspecified atom stereocenters. The summed E-state index contributed by atoms with van der Waals surface area (Å²) in [6.45, 7) is 10.4. The number of hydrogen-bond donors (Lipinski definition) is 2. The lowest BCUT2D eigenvalue weighted by molar-refractivity contribution is 0.545. The van der Waals surface area contributed by atoms with Crippen LogP contribution < -0.4 is 11.1 Å². The van der Waals surface area contributed by atoms with Crippen molar-refractivity contribution >= 4 is 23.0 Å². The van der Waals surface area contributed by atoms with E-state index in [2.05, 4.69) is 55.5 Å². The van der Waals surface area contributed by atoms with Gasteiger partial charge in [-0.05, 0) is 24.8 Å². The van der Waals surface area contributed by atoms with Crippen molar-refractivity contribution in [3.8, 4) is 0 Å². The maximum absolute atomic E-state index is 6.07. The molecule has 2 aromatic rings. The van der Waals surface area contributed by atoms with E-state index in [4.69, 9.17) is 10.7 Å². The summed E-state index contributed by atoms with van der Waals surface area (Å²) >= 11 is 1.76. The molecule has 3 N–H and O–H groups in total. The summed E-state index contributed by atoms with van der Waals surface area (Å²) in [5, 5.41) is 5.63. The minimum atomic E-state index is -0.122. The number of hydrogen-bond acceptors (Lipinski definition) is 5. The lowest BCUT2D eigenvalue weighted by Crippen LogP contribution is -2.20. The van der Waals surface area contributed by atoms with Crippen LogP contribution in [0.4, 0.5) is 11.6 Å². The van der Waals surface area contributed by atoms with E-state index in [-0.39, 0.29) is 11.5 Å². The van der Waals surface area contributed by atoms with Gasteiger partial charge < -0.3 is 11.1 Å². The van der Waals surface area contributed by atoms with Crippen LogP contribution in [0.5, 0.6) is 0 Å². The highest BCUT2D eigenvalue weighted by atomic mass is 32.1. The molecule has 2 rings (SSSR count). The van der Waals surface area contributed by atoms with E-state index in [9.17, 15) is 0 Å². The van der Waals surface area contributed by atoms with Gasteiger partial charge in [0.15, 0.2) is 0 Å². The molecule has 21 heavy (non-hydrogen) atoms. The molecule has 2 aromatic heterocycles. The third kappa shape index (κ3) is 3.53. The second kappa shape index (κ2) is 6.02. The minimum absolute atomic E-state index is 0.122. The van der Waals surface area contributed by atoms with Crippen LogP contribution in [0.2, 0.25) is 0 Å². The lowest BCUT2D eigenvalue weighted by Gasteiger charge is -2.22. The SMILES string of the molecule is CCC(Nc1nc(C(C)(C)C)nc(N)c1C)c1cccs1. The van der Waals surface area contributed by atoms with Crippen molar-refractivity contribution in [1.29, 1.82) is 0 Å². The first-order valence-electron chi connectivity index (χ1n) is 7.27. The molecule has 0 aliphatic carbocycles. The van der Waals surface area contributed by atoms with Gasteiger partial charge in [-0.3, -0.25) is 0 Å². The fourth-order valence-corrected chi connectivity index (χ4v) is 2.90. The Morgan fingerprint density at radius 3 is 2.57 bits per heavy atom. The van der Waals surface area contributed by atoms with Crippen LogP contribution in [-0.4, -0.2) is 9.97 Å². The third-order valence-electron chi connectivity index (χ3n) is 3.46. The molecule has 0 aliphatic heterocycles. The number of rotatable bonds is 4. The van der Waals surface area contributed by atoms with E-state index >= 15 is 0 Å². The number of thiophene rings is 1. The molecule has 2 heterocycles. The molecule has 1 atom stereocenters. The second-order valence-electron chi connectivity index (χ2n) is 6.28. The van der Waals surface area contributed by atoms with Crippen molar-refractivity contribution in [2.45, 2.75) is 52.5 Å². The number of nitrogens with zero attached hydrogens (tertiary/aromatic N) is 2. The fourth-order valence-electron chi connectivity index (χ4n) is 2.04. The highest BCUT2D eigenvalue weighted by molar-refractivity contribution is 7.10. The van der Waals surface area contributed by atoms with E-state index < -0.39 is 0 Å². The summed E-state index contributed by atoms with van der Waals surface area (Å²) in [4.78, 5) is 10.4. The molecular weight excluding hydrogens is 280 g/mol. The van der Waals surface area contributed by atoms with Crippen molar-refractivity contribution in [3.63, 3.8) is 0 Å². The van der Waals surface area contributed by atoms with Gasteiger partial charge in [0.1, 0.15) is 17.5 Å². The topological polar surface area (TPSA) is 63.8 Å². The van der Waals surface area contributed by atoms with Crippen molar-refractivity contribution in [2.75, 3.05) is 11.1 Å². The van der Waals surface area contributed by atoms with Crippen molar-refractivity contribution in [3.05, 3.63) is 33.8 Å². The van der Waals surface area contributed by atoms with Gasteiger partial charge in [0.2, 0.25) is 0 Å². The quantitative estimate of drug-likeness (QED) is 0.884. The lowest BCUT2D eigenvalue weighted by atomic mass is 9.95. The smallest absolute Gasteiger partial charge is 0.138 e. The van der Waals surface area contributed by atoms with Crippen LogP contribution in [0.25, 0.3) is 0 Å². The first-order valence-corrected chi connectivity index (χ1v) is 8.15. The molecule has 0 spiro atoms. The highest BCUT2D eigenvalue weighted by Gasteiger charge is 2.21. The molecule has 0 bridgehead atoms. The molecule has 0 amide bonds. The predicted octanol–water partition coefficient (Wildman–Crippen LogP) is 4.29. The van der Waals surface area contributed by atoms with E-state index in [1.54, 1.807) is 11.3 Å². The van der Waals surface area contributed by atoms with Gasteiger partial charge in [-0.2, -0.15) is 0 Å². The highest BCUT2D eigenvalue weighted by Crippen LogP contribution is 2.30. The van der Waals surface area contributed by atoms with Crippen molar-refractivity contribution < 1.29 is 0 Å². The Hall–Kier alpha value is -1.62. The van der Waals surface area contributed by atoms with E-state index in [0.717, 1.165) is 23.6 Å². The van der Waals surface area contributed by atoms with E-state index in [1.165, 1.54) is 4.88 Å². The van der Waals surface area contributed by atoms with Gasteiger partial charge in [-0.1, -0.05) is 33.8 Å². The molecule has 0 fully saturated rings. The van der Waals surface area contributed by atoms with Gasteiger partial charge in [0.05, 0.1) is 6.04 Å². The van der Waals surface area contributed by atoms with Crippen LogP contribution in [-0.2, 0) is 5.41 Å². The van der Waals surface area contributed by atoms with Gasteiger partial charge in [0, 0.05) is 15.9 Å². The summed E-state index contributed by atoms with van der Waals surface area (Å²) in [6.07, 6.45) is 0.995. The fraction of sp³-hybridized carbons (Fsp3) is 0.500. The van der Waals surface area contributed by atoms with E-state index in [0.29, 0.717) is 5.82 Å². The normalized spacial score (nSPS) is 13.2. The monoisotopic (exact) mass is 304 g/mol. The zero-order chi connectivity index (χ0) is 15.6. The van der Waals surface area contributed by atoms with Crippen LogP contribution in [0.1, 0.15) is 56.4 Å². The first kappa shape index (κ1) is 15.8. The molecule has 0 saturated carbocycles. The third-order valence-corrected chi connectivity index (χ3v) is 4.45. The number of anilines is 2. The standard InChI is InChI=1S/C16H24N4S/c1-6-11(12-8-7-9-21-12)18-14-10(2)13(17)19-15(20-14)16(3,4)5/h7-9,11H,6H2,1-5H3,(H3,17,18,19,20). The van der Waals surface area contributed by atoms with Gasteiger partial charge in [-0.15, -0.1) is 11.3 Å². The Bertz CT molecular complexity index is 599. The Morgan fingerprint density at radius 1 is 1.33 bits per heavy atom. The summed E-state index contributed by atoms with van der Waals surface area (Å²) in [5.41, 5.74) is 6.86. The Kier molecular flexibility index (Phi) is 4.52. The Labute approximate surface area is 130 Å². The van der Waals surface area contributed by atoms with Gasteiger partial charge in [0.25, 0.3) is 0 Å². The summed E-state index contributed by atoms with van der Waals surface area (Å²) in [6, 6.07) is 4.48. The zero-order valence-corrected chi connectivity index (χ0v) is 14.2. The van der Waals surface area contributed by atoms with Crippen LogP contribution >= 0.6 is 11.3 Å². The Balaban J connectivity index is 2.37. The largest absolute Gasteiger partial charge is 0.383 e.